The average molecular weight is 477 g/mol. The zero-order chi connectivity index (χ0) is 26.3. The summed E-state index contributed by atoms with van der Waals surface area (Å²) in [5.41, 5.74) is -2.39. The molecule has 2 heterocycles. The molecule has 0 saturated carbocycles. The lowest BCUT2D eigenvalue weighted by atomic mass is 9.78. The van der Waals surface area contributed by atoms with Gasteiger partial charge < -0.3 is 19.3 Å². The fourth-order valence-electron chi connectivity index (χ4n) is 6.32. The molecule has 2 aliphatic rings. The van der Waals surface area contributed by atoms with Gasteiger partial charge in [0.15, 0.2) is 0 Å². The molecule has 8 nitrogen and oxygen atoms in total. The molecule has 2 amide bonds. The van der Waals surface area contributed by atoms with Gasteiger partial charge >= 0.3 is 11.9 Å². The van der Waals surface area contributed by atoms with Crippen LogP contribution in [-0.4, -0.2) is 67.9 Å². The van der Waals surface area contributed by atoms with Crippen LogP contribution < -0.4 is 0 Å². The molecule has 0 aromatic heterocycles. The predicted octanol–water partition coefficient (Wildman–Crippen LogP) is 3.54. The number of likely N-dealkylation sites (tertiary alicyclic amines) is 2. The Bertz CT molecular complexity index is 778. The second-order valence-corrected chi connectivity index (χ2v) is 11.9. The van der Waals surface area contributed by atoms with Crippen LogP contribution >= 0.6 is 0 Å². The highest BCUT2D eigenvalue weighted by Gasteiger charge is 2.50. The second kappa shape index (κ2) is 9.19. The Morgan fingerprint density at radius 1 is 0.618 bits per heavy atom. The van der Waals surface area contributed by atoms with Crippen molar-refractivity contribution < 1.29 is 28.7 Å². The predicted molar refractivity (Wildman–Crippen MR) is 129 cm³/mol. The van der Waals surface area contributed by atoms with E-state index in [9.17, 15) is 19.2 Å². The van der Waals surface area contributed by atoms with Gasteiger partial charge in [0.2, 0.25) is 11.8 Å². The molecular weight excluding hydrogens is 436 g/mol. The molecule has 8 heteroatoms. The van der Waals surface area contributed by atoms with Crippen LogP contribution in [-0.2, 0) is 28.7 Å². The summed E-state index contributed by atoms with van der Waals surface area (Å²) in [6.45, 7) is 22.4. The molecule has 2 fully saturated rings. The van der Waals surface area contributed by atoms with E-state index in [1.165, 1.54) is 12.2 Å². The summed E-state index contributed by atoms with van der Waals surface area (Å²) in [6.07, 6.45) is 3.02. The van der Waals surface area contributed by atoms with Crippen molar-refractivity contribution in [2.24, 2.45) is 0 Å². The molecule has 0 bridgehead atoms. The number of amides is 2. The van der Waals surface area contributed by atoms with Crippen LogP contribution in [0, 0.1) is 0 Å². The Morgan fingerprint density at radius 3 is 1.06 bits per heavy atom. The fourth-order valence-corrected chi connectivity index (χ4v) is 6.32. The van der Waals surface area contributed by atoms with Crippen molar-refractivity contribution in [2.75, 3.05) is 0 Å². The maximum absolute atomic E-state index is 12.6. The third kappa shape index (κ3) is 5.53. The van der Waals surface area contributed by atoms with E-state index in [0.29, 0.717) is 25.7 Å². The van der Waals surface area contributed by atoms with Crippen LogP contribution in [0.2, 0.25) is 0 Å². The summed E-state index contributed by atoms with van der Waals surface area (Å²) in [5, 5.41) is 0. The van der Waals surface area contributed by atoms with E-state index >= 15 is 0 Å². The first-order chi connectivity index (χ1) is 15.4. The minimum atomic E-state index is -1.04. The van der Waals surface area contributed by atoms with Crippen LogP contribution in [0.15, 0.2) is 25.3 Å². The normalized spacial score (nSPS) is 23.5. The number of nitrogens with zero attached hydrogens (tertiary/aromatic N) is 2. The van der Waals surface area contributed by atoms with E-state index in [-0.39, 0.29) is 11.8 Å². The minimum absolute atomic E-state index is 0.189. The zero-order valence-corrected chi connectivity index (χ0v) is 21.9. The Hall–Kier alpha value is -2.64. The lowest BCUT2D eigenvalue weighted by Gasteiger charge is -2.54. The monoisotopic (exact) mass is 476 g/mol. The van der Waals surface area contributed by atoms with Gasteiger partial charge in [-0.2, -0.15) is 0 Å². The first kappa shape index (κ1) is 27.6. The van der Waals surface area contributed by atoms with Crippen molar-refractivity contribution in [3.63, 3.8) is 0 Å². The van der Waals surface area contributed by atoms with Gasteiger partial charge in [-0.25, -0.2) is 9.59 Å². The van der Waals surface area contributed by atoms with Crippen LogP contribution in [0.25, 0.3) is 0 Å². The molecule has 0 N–H and O–H groups in total. The van der Waals surface area contributed by atoms with Crippen molar-refractivity contribution in [1.29, 1.82) is 0 Å². The van der Waals surface area contributed by atoms with Gasteiger partial charge in [-0.1, -0.05) is 13.2 Å². The highest BCUT2D eigenvalue weighted by atomic mass is 16.6. The highest BCUT2D eigenvalue weighted by molar-refractivity contribution is 6.29. The SMILES string of the molecule is C=CC(=O)N1C(C)(C)CC(OC(=O)C(=O)OC2CC(C)(C)N(C(=O)C=C)C(C)(C)C2)CC1(C)C. The molecule has 190 valence electrons. The summed E-state index contributed by atoms with van der Waals surface area (Å²) >= 11 is 0. The smallest absolute Gasteiger partial charge is 0.417 e. The van der Waals surface area contributed by atoms with Crippen molar-refractivity contribution in [3.05, 3.63) is 25.3 Å². The van der Waals surface area contributed by atoms with Crippen LogP contribution in [0.3, 0.4) is 0 Å². The largest absolute Gasteiger partial charge is 0.454 e. The van der Waals surface area contributed by atoms with Gasteiger partial charge in [0, 0.05) is 47.8 Å². The zero-order valence-electron chi connectivity index (χ0n) is 21.9. The third-order valence-electron chi connectivity index (χ3n) is 6.83. The molecular formula is C26H40N2O6. The lowest BCUT2D eigenvalue weighted by molar-refractivity contribution is -0.186. The highest BCUT2D eigenvalue weighted by Crippen LogP contribution is 2.41. The summed E-state index contributed by atoms with van der Waals surface area (Å²) in [7, 11) is 0. The van der Waals surface area contributed by atoms with Gasteiger partial charge in [0.05, 0.1) is 0 Å². The van der Waals surface area contributed by atoms with Crippen molar-refractivity contribution in [2.45, 2.75) is 115 Å². The van der Waals surface area contributed by atoms with E-state index in [1.54, 1.807) is 9.80 Å². The summed E-state index contributed by atoms with van der Waals surface area (Å²) in [5.74, 6) is -2.46. The van der Waals surface area contributed by atoms with Gasteiger partial charge in [-0.3, -0.25) is 9.59 Å². The number of carbonyl (C=O) groups excluding carboxylic acids is 4. The molecule has 0 atom stereocenters. The van der Waals surface area contributed by atoms with Gasteiger partial charge in [0.1, 0.15) is 12.2 Å². The van der Waals surface area contributed by atoms with Gasteiger partial charge in [0.25, 0.3) is 0 Å². The van der Waals surface area contributed by atoms with E-state index in [2.05, 4.69) is 13.2 Å². The van der Waals surface area contributed by atoms with Crippen molar-refractivity contribution in [3.8, 4) is 0 Å². The first-order valence-corrected chi connectivity index (χ1v) is 11.7. The van der Waals surface area contributed by atoms with E-state index < -0.39 is 46.3 Å². The Labute approximate surface area is 203 Å². The molecule has 0 radical (unpaired) electrons. The summed E-state index contributed by atoms with van der Waals surface area (Å²) in [4.78, 5) is 53.7. The number of hydrogen-bond acceptors (Lipinski definition) is 6. The molecule has 2 aliphatic heterocycles. The van der Waals surface area contributed by atoms with Crippen molar-refractivity contribution >= 4 is 23.8 Å². The maximum atomic E-state index is 12.6. The Morgan fingerprint density at radius 2 is 0.853 bits per heavy atom. The van der Waals surface area contributed by atoms with Crippen LogP contribution in [0.1, 0.15) is 81.1 Å². The summed E-state index contributed by atoms with van der Waals surface area (Å²) in [6, 6.07) is 0. The number of ether oxygens (including phenoxy) is 2. The van der Waals surface area contributed by atoms with E-state index in [1.807, 2.05) is 55.4 Å². The van der Waals surface area contributed by atoms with Gasteiger partial charge in [-0.15, -0.1) is 0 Å². The third-order valence-corrected chi connectivity index (χ3v) is 6.83. The number of hydrogen-bond donors (Lipinski definition) is 0. The molecule has 0 spiro atoms. The molecule has 0 unspecified atom stereocenters. The molecule has 0 aliphatic carbocycles. The quantitative estimate of drug-likeness (QED) is 0.350. The van der Waals surface area contributed by atoms with Crippen molar-refractivity contribution in [1.82, 2.24) is 9.80 Å². The second-order valence-electron chi connectivity index (χ2n) is 11.9. The average Bonchev–Trinajstić information content (AvgIpc) is 2.63. The molecule has 34 heavy (non-hydrogen) atoms. The lowest BCUT2D eigenvalue weighted by Crippen LogP contribution is -2.64. The number of piperidine rings is 2. The van der Waals surface area contributed by atoms with Gasteiger partial charge in [-0.05, 0) is 67.5 Å². The number of carbonyl (C=O) groups is 4. The number of esters is 2. The molecule has 0 aromatic carbocycles. The van der Waals surface area contributed by atoms with E-state index in [0.717, 1.165) is 0 Å². The number of rotatable bonds is 4. The molecule has 2 rings (SSSR count). The molecule has 2 saturated heterocycles. The van der Waals surface area contributed by atoms with E-state index in [4.69, 9.17) is 9.47 Å². The summed E-state index contributed by atoms with van der Waals surface area (Å²) < 4.78 is 11.1. The first-order valence-electron chi connectivity index (χ1n) is 11.7. The minimum Gasteiger partial charge on any atom is -0.454 e. The molecule has 0 aromatic rings. The maximum Gasteiger partial charge on any atom is 0.417 e. The fraction of sp³-hybridized carbons (Fsp3) is 0.692. The van der Waals surface area contributed by atoms with Crippen LogP contribution in [0.5, 0.6) is 0 Å². The topological polar surface area (TPSA) is 93.2 Å². The standard InChI is InChI=1S/C26H40N2O6/c1-11-19(29)27-23(3,4)13-17(14-24(27,5)6)33-21(31)22(32)34-18-15-25(7,8)28(20(30)12-2)26(9,10)16-18/h11-12,17-18H,1-2,13-16H2,3-10H3. The Kier molecular flexibility index (Phi) is 7.46. The Balaban J connectivity index is 2.08. The van der Waals surface area contributed by atoms with Crippen LogP contribution in [0.4, 0.5) is 0 Å².